The van der Waals surface area contributed by atoms with Gasteiger partial charge >= 0.3 is 0 Å². The minimum absolute atomic E-state index is 0.0299. The molecule has 1 aromatic carbocycles. The Bertz CT molecular complexity index is 493. The number of ketones is 1. The predicted octanol–water partition coefficient (Wildman–Crippen LogP) is 5.59. The number of benzene rings is 1. The molecule has 2 nitrogen and oxygen atoms in total. The summed E-state index contributed by atoms with van der Waals surface area (Å²) >= 11 is 11.8. The first-order valence-corrected chi connectivity index (χ1v) is 10.3. The molecule has 0 aromatic heterocycles. The second-order valence-corrected chi connectivity index (χ2v) is 12.0. The van der Waals surface area contributed by atoms with Crippen molar-refractivity contribution in [1.82, 2.24) is 0 Å². The molecule has 0 amide bonds. The molecule has 112 valence electrons. The third-order valence-electron chi connectivity index (χ3n) is 3.84. The number of Topliss-reactive ketones (excluding diaryl/α,β-unsaturated/α-hetero) is 1. The first-order valence-electron chi connectivity index (χ1n) is 6.67. The van der Waals surface area contributed by atoms with Gasteiger partial charge in [0.2, 0.25) is 0 Å². The van der Waals surface area contributed by atoms with Gasteiger partial charge in [0.15, 0.2) is 14.1 Å². The van der Waals surface area contributed by atoms with Crippen molar-refractivity contribution in [3.63, 3.8) is 0 Å². The van der Waals surface area contributed by atoms with Gasteiger partial charge in [0.25, 0.3) is 0 Å². The number of hydrogen-bond acceptors (Lipinski definition) is 2. The molecule has 0 bridgehead atoms. The molecule has 0 N–H and O–H groups in total. The fourth-order valence-corrected chi connectivity index (χ4v) is 2.77. The van der Waals surface area contributed by atoms with Crippen LogP contribution in [0.1, 0.15) is 37.6 Å². The van der Waals surface area contributed by atoms with E-state index in [0.29, 0.717) is 28.6 Å². The van der Waals surface area contributed by atoms with Gasteiger partial charge in [-0.15, -0.1) is 0 Å². The molecule has 0 aliphatic rings. The summed E-state index contributed by atoms with van der Waals surface area (Å²) < 4.78 is 6.00. The maximum Gasteiger partial charge on any atom is 0.191 e. The summed E-state index contributed by atoms with van der Waals surface area (Å²) in [5.74, 6) is 0.0299. The fraction of sp³-hybridized carbons (Fsp3) is 0.533. The van der Waals surface area contributed by atoms with Crippen molar-refractivity contribution in [3.05, 3.63) is 33.8 Å². The van der Waals surface area contributed by atoms with Gasteiger partial charge in [-0.1, -0.05) is 44.0 Å². The van der Waals surface area contributed by atoms with E-state index in [0.717, 1.165) is 0 Å². The van der Waals surface area contributed by atoms with E-state index in [-0.39, 0.29) is 10.8 Å². The molecule has 0 unspecified atom stereocenters. The molecular weight excluding hydrogens is 311 g/mol. The van der Waals surface area contributed by atoms with E-state index in [2.05, 4.69) is 33.9 Å². The fourth-order valence-electron chi connectivity index (χ4n) is 1.43. The van der Waals surface area contributed by atoms with Gasteiger partial charge in [-0.05, 0) is 36.3 Å². The Hall–Kier alpha value is -0.353. The van der Waals surface area contributed by atoms with Crippen LogP contribution in [0.25, 0.3) is 0 Å². The van der Waals surface area contributed by atoms with E-state index in [1.54, 1.807) is 18.2 Å². The van der Waals surface area contributed by atoms with Crippen LogP contribution >= 0.6 is 23.2 Å². The highest BCUT2D eigenvalue weighted by Crippen LogP contribution is 2.36. The minimum Gasteiger partial charge on any atom is -0.416 e. The molecule has 0 fully saturated rings. The standard InChI is InChI=1S/C15H22Cl2O2Si/c1-15(2,3)20(4,5)19-9-8-14(18)11-6-7-12(16)13(17)10-11/h6-7,10H,8-9H2,1-5H3. The van der Waals surface area contributed by atoms with Crippen molar-refractivity contribution in [2.75, 3.05) is 6.61 Å². The van der Waals surface area contributed by atoms with Gasteiger partial charge in [0, 0.05) is 18.6 Å². The Morgan fingerprint density at radius 3 is 2.30 bits per heavy atom. The lowest BCUT2D eigenvalue weighted by atomic mass is 10.1. The van der Waals surface area contributed by atoms with E-state index in [1.807, 2.05) is 0 Å². The van der Waals surface area contributed by atoms with Crippen LogP contribution in [0.15, 0.2) is 18.2 Å². The Kier molecular flexibility index (Phi) is 5.85. The Morgan fingerprint density at radius 1 is 1.20 bits per heavy atom. The normalized spacial score (nSPS) is 12.6. The summed E-state index contributed by atoms with van der Waals surface area (Å²) in [7, 11) is -1.79. The summed E-state index contributed by atoms with van der Waals surface area (Å²) in [5.41, 5.74) is 0.582. The van der Waals surface area contributed by atoms with Crippen molar-refractivity contribution in [2.45, 2.75) is 45.3 Å². The lowest BCUT2D eigenvalue weighted by molar-refractivity contribution is 0.0959. The molecule has 0 aliphatic carbocycles. The minimum atomic E-state index is -1.79. The van der Waals surface area contributed by atoms with Crippen molar-refractivity contribution < 1.29 is 9.22 Å². The zero-order valence-electron chi connectivity index (χ0n) is 12.7. The highest BCUT2D eigenvalue weighted by molar-refractivity contribution is 6.74. The first kappa shape index (κ1) is 17.7. The quantitative estimate of drug-likeness (QED) is 0.519. The molecule has 0 atom stereocenters. The van der Waals surface area contributed by atoms with Gasteiger partial charge in [-0.2, -0.15) is 0 Å². The lowest BCUT2D eigenvalue weighted by Crippen LogP contribution is -2.41. The highest BCUT2D eigenvalue weighted by atomic mass is 35.5. The van der Waals surface area contributed by atoms with Crippen LogP contribution in [-0.2, 0) is 4.43 Å². The summed E-state index contributed by atoms with van der Waals surface area (Å²) in [6.45, 7) is 11.4. The Labute approximate surface area is 132 Å². The van der Waals surface area contributed by atoms with E-state index in [4.69, 9.17) is 27.6 Å². The highest BCUT2D eigenvalue weighted by Gasteiger charge is 2.36. The van der Waals surface area contributed by atoms with Crippen molar-refractivity contribution >= 4 is 37.3 Å². The number of rotatable bonds is 5. The van der Waals surface area contributed by atoms with Gasteiger partial charge in [0.1, 0.15) is 0 Å². The van der Waals surface area contributed by atoms with Gasteiger partial charge in [-0.25, -0.2) is 0 Å². The average molecular weight is 333 g/mol. The molecule has 0 saturated carbocycles. The molecule has 1 aromatic rings. The number of carbonyl (C=O) groups is 1. The van der Waals surface area contributed by atoms with E-state index in [1.165, 1.54) is 0 Å². The van der Waals surface area contributed by atoms with Crippen LogP contribution in [0.2, 0.25) is 28.2 Å². The van der Waals surface area contributed by atoms with Gasteiger partial charge in [-0.3, -0.25) is 4.79 Å². The van der Waals surface area contributed by atoms with Crippen LogP contribution in [0.5, 0.6) is 0 Å². The van der Waals surface area contributed by atoms with Crippen LogP contribution < -0.4 is 0 Å². The van der Waals surface area contributed by atoms with Crippen LogP contribution in [0.4, 0.5) is 0 Å². The molecule has 0 spiro atoms. The average Bonchev–Trinajstić information content (AvgIpc) is 2.30. The third-order valence-corrected chi connectivity index (χ3v) is 9.12. The first-order chi connectivity index (χ1) is 9.04. The van der Waals surface area contributed by atoms with Gasteiger partial charge < -0.3 is 4.43 Å². The molecule has 0 aliphatic heterocycles. The molecular formula is C15H22Cl2O2Si. The van der Waals surface area contributed by atoms with Crippen molar-refractivity contribution in [3.8, 4) is 0 Å². The van der Waals surface area contributed by atoms with E-state index in [9.17, 15) is 4.79 Å². The van der Waals surface area contributed by atoms with E-state index >= 15 is 0 Å². The molecule has 1 rings (SSSR count). The van der Waals surface area contributed by atoms with Gasteiger partial charge in [0.05, 0.1) is 10.0 Å². The van der Waals surface area contributed by atoms with Crippen LogP contribution in [0.3, 0.4) is 0 Å². The van der Waals surface area contributed by atoms with E-state index < -0.39 is 8.32 Å². The predicted molar refractivity (Wildman–Crippen MR) is 88.6 cm³/mol. The Morgan fingerprint density at radius 2 is 1.80 bits per heavy atom. The molecule has 20 heavy (non-hydrogen) atoms. The number of halogens is 2. The van der Waals surface area contributed by atoms with Crippen molar-refractivity contribution in [1.29, 1.82) is 0 Å². The summed E-state index contributed by atoms with van der Waals surface area (Å²) in [5, 5.41) is 1.02. The topological polar surface area (TPSA) is 26.3 Å². The molecule has 5 heteroatoms. The number of hydrogen-bond donors (Lipinski definition) is 0. The molecule has 0 radical (unpaired) electrons. The summed E-state index contributed by atoms with van der Waals surface area (Å²) in [6, 6.07) is 4.95. The zero-order chi connectivity index (χ0) is 15.6. The molecule has 0 heterocycles. The Balaban J connectivity index is 2.58. The largest absolute Gasteiger partial charge is 0.416 e. The lowest BCUT2D eigenvalue weighted by Gasteiger charge is -2.36. The van der Waals surface area contributed by atoms with Crippen LogP contribution in [-0.4, -0.2) is 20.7 Å². The zero-order valence-corrected chi connectivity index (χ0v) is 15.2. The summed E-state index contributed by atoms with van der Waals surface area (Å²) in [6.07, 6.45) is 0.366. The second kappa shape index (κ2) is 6.61. The summed E-state index contributed by atoms with van der Waals surface area (Å²) in [4.78, 5) is 12.1. The number of carbonyl (C=O) groups excluding carboxylic acids is 1. The molecule has 0 saturated heterocycles. The maximum absolute atomic E-state index is 12.1. The van der Waals surface area contributed by atoms with Crippen LogP contribution in [0, 0.1) is 0 Å². The smallest absolute Gasteiger partial charge is 0.191 e. The maximum atomic E-state index is 12.1. The third kappa shape index (κ3) is 4.59. The van der Waals surface area contributed by atoms with Crippen molar-refractivity contribution in [2.24, 2.45) is 0 Å². The monoisotopic (exact) mass is 332 g/mol. The second-order valence-electron chi connectivity index (χ2n) is 6.41. The SMILES string of the molecule is CC(C)(C)[Si](C)(C)OCCC(=O)c1ccc(Cl)c(Cl)c1.